The Bertz CT molecular complexity index is 681. The minimum Gasteiger partial charge on any atom is -0.399 e. The number of fused-ring (bicyclic) bond motifs is 1. The number of carbonyl (C=O) groups is 1. The lowest BCUT2D eigenvalue weighted by molar-refractivity contribution is -0.115. The highest BCUT2D eigenvalue weighted by atomic mass is 16.2. The minimum atomic E-state index is -0.0135. The van der Waals surface area contributed by atoms with E-state index in [0.717, 1.165) is 29.9 Å². The molecule has 0 saturated heterocycles. The van der Waals surface area contributed by atoms with Crippen LogP contribution >= 0.6 is 0 Å². The van der Waals surface area contributed by atoms with E-state index >= 15 is 0 Å². The van der Waals surface area contributed by atoms with Crippen LogP contribution in [0.2, 0.25) is 0 Å². The normalized spacial score (nSPS) is 13.1. The predicted octanol–water partition coefficient (Wildman–Crippen LogP) is 2.58. The second kappa shape index (κ2) is 5.48. The molecule has 0 saturated carbocycles. The minimum absolute atomic E-state index is 0.0135. The van der Waals surface area contributed by atoms with Gasteiger partial charge in [0.05, 0.1) is 6.54 Å². The highest BCUT2D eigenvalue weighted by Gasteiger charge is 2.20. The summed E-state index contributed by atoms with van der Waals surface area (Å²) in [6.07, 6.45) is 1.00. The average molecular weight is 281 g/mol. The summed E-state index contributed by atoms with van der Waals surface area (Å²) < 4.78 is 0. The van der Waals surface area contributed by atoms with Gasteiger partial charge in [0.25, 0.3) is 0 Å². The third-order valence-electron chi connectivity index (χ3n) is 3.85. The van der Waals surface area contributed by atoms with Crippen molar-refractivity contribution < 1.29 is 4.79 Å². The summed E-state index contributed by atoms with van der Waals surface area (Å²) in [6.45, 7) is 3.22. The SMILES string of the molecule is Cc1ccc(N)cc1NC(=O)CN1CCc2ccccc21. The van der Waals surface area contributed by atoms with Crippen LogP contribution in [0.25, 0.3) is 0 Å². The fourth-order valence-electron chi connectivity index (χ4n) is 2.71. The molecular formula is C17H19N3O. The lowest BCUT2D eigenvalue weighted by Gasteiger charge is -2.19. The molecule has 21 heavy (non-hydrogen) atoms. The van der Waals surface area contributed by atoms with Gasteiger partial charge in [-0.05, 0) is 42.7 Å². The van der Waals surface area contributed by atoms with Crippen molar-refractivity contribution in [2.75, 3.05) is 29.0 Å². The molecule has 2 aromatic rings. The van der Waals surface area contributed by atoms with Gasteiger partial charge in [-0.1, -0.05) is 24.3 Å². The summed E-state index contributed by atoms with van der Waals surface area (Å²) in [5.41, 5.74) is 10.7. The van der Waals surface area contributed by atoms with E-state index in [1.54, 1.807) is 6.07 Å². The molecule has 1 aliphatic rings. The molecule has 0 unspecified atom stereocenters. The summed E-state index contributed by atoms with van der Waals surface area (Å²) >= 11 is 0. The van der Waals surface area contributed by atoms with E-state index in [0.29, 0.717) is 12.2 Å². The number of benzene rings is 2. The van der Waals surface area contributed by atoms with Gasteiger partial charge in [-0.15, -0.1) is 0 Å². The smallest absolute Gasteiger partial charge is 0.243 e. The summed E-state index contributed by atoms with van der Waals surface area (Å²) in [7, 11) is 0. The van der Waals surface area contributed by atoms with Crippen LogP contribution in [0.4, 0.5) is 17.1 Å². The quantitative estimate of drug-likeness (QED) is 0.850. The van der Waals surface area contributed by atoms with Crippen LogP contribution in [0, 0.1) is 6.92 Å². The molecule has 1 heterocycles. The molecule has 3 N–H and O–H groups in total. The van der Waals surface area contributed by atoms with Gasteiger partial charge in [-0.3, -0.25) is 4.79 Å². The molecule has 0 aromatic heterocycles. The molecule has 4 nitrogen and oxygen atoms in total. The number of nitrogens with two attached hydrogens (primary N) is 1. The fraction of sp³-hybridized carbons (Fsp3) is 0.235. The Morgan fingerprint density at radius 2 is 2.10 bits per heavy atom. The van der Waals surface area contributed by atoms with Gasteiger partial charge in [-0.25, -0.2) is 0 Å². The molecule has 3 rings (SSSR count). The second-order valence-electron chi connectivity index (χ2n) is 5.42. The first kappa shape index (κ1) is 13.5. The highest BCUT2D eigenvalue weighted by Crippen LogP contribution is 2.27. The topological polar surface area (TPSA) is 58.4 Å². The van der Waals surface area contributed by atoms with Crippen LogP contribution in [0.15, 0.2) is 42.5 Å². The third-order valence-corrected chi connectivity index (χ3v) is 3.85. The van der Waals surface area contributed by atoms with Crippen molar-refractivity contribution in [2.24, 2.45) is 0 Å². The first-order valence-corrected chi connectivity index (χ1v) is 7.12. The van der Waals surface area contributed by atoms with Crippen molar-refractivity contribution in [3.63, 3.8) is 0 Å². The van der Waals surface area contributed by atoms with Gasteiger partial charge >= 0.3 is 0 Å². The van der Waals surface area contributed by atoms with Gasteiger partial charge in [0, 0.05) is 23.6 Å². The first-order chi connectivity index (χ1) is 10.1. The van der Waals surface area contributed by atoms with Crippen molar-refractivity contribution in [1.82, 2.24) is 0 Å². The number of hydrogen-bond acceptors (Lipinski definition) is 3. The molecule has 1 amide bonds. The average Bonchev–Trinajstić information content (AvgIpc) is 2.86. The van der Waals surface area contributed by atoms with Gasteiger partial charge in [0.2, 0.25) is 5.91 Å². The zero-order valence-electron chi connectivity index (χ0n) is 12.1. The number of nitrogen functional groups attached to an aromatic ring is 1. The van der Waals surface area contributed by atoms with E-state index in [1.165, 1.54) is 5.56 Å². The molecule has 2 aromatic carbocycles. The molecule has 1 aliphatic heterocycles. The van der Waals surface area contributed by atoms with Crippen molar-refractivity contribution >= 4 is 23.0 Å². The molecule has 108 valence electrons. The lowest BCUT2D eigenvalue weighted by Crippen LogP contribution is -2.32. The number of amides is 1. The van der Waals surface area contributed by atoms with Crippen molar-refractivity contribution in [3.05, 3.63) is 53.6 Å². The highest BCUT2D eigenvalue weighted by molar-refractivity contribution is 5.95. The molecule has 0 aliphatic carbocycles. The van der Waals surface area contributed by atoms with E-state index in [4.69, 9.17) is 5.73 Å². The number of nitrogens with zero attached hydrogens (tertiary/aromatic N) is 1. The summed E-state index contributed by atoms with van der Waals surface area (Å²) in [6, 6.07) is 13.8. The van der Waals surface area contributed by atoms with Crippen LogP contribution < -0.4 is 16.0 Å². The van der Waals surface area contributed by atoms with Gasteiger partial charge in [0.1, 0.15) is 0 Å². The Morgan fingerprint density at radius 3 is 2.95 bits per heavy atom. The zero-order chi connectivity index (χ0) is 14.8. The zero-order valence-corrected chi connectivity index (χ0v) is 12.1. The number of rotatable bonds is 3. The number of hydrogen-bond donors (Lipinski definition) is 2. The summed E-state index contributed by atoms with van der Waals surface area (Å²) in [4.78, 5) is 14.4. The summed E-state index contributed by atoms with van der Waals surface area (Å²) in [5.74, 6) is -0.0135. The van der Waals surface area contributed by atoms with E-state index < -0.39 is 0 Å². The van der Waals surface area contributed by atoms with Gasteiger partial charge in [0.15, 0.2) is 0 Å². The van der Waals surface area contributed by atoms with E-state index in [2.05, 4.69) is 22.3 Å². The Kier molecular flexibility index (Phi) is 3.52. The number of carbonyl (C=O) groups excluding carboxylic acids is 1. The molecule has 4 heteroatoms. The number of anilines is 3. The largest absolute Gasteiger partial charge is 0.399 e. The van der Waals surface area contributed by atoms with E-state index in [9.17, 15) is 4.79 Å². The van der Waals surface area contributed by atoms with Crippen molar-refractivity contribution in [1.29, 1.82) is 0 Å². The maximum Gasteiger partial charge on any atom is 0.243 e. The van der Waals surface area contributed by atoms with Crippen LogP contribution in [0.1, 0.15) is 11.1 Å². The van der Waals surface area contributed by atoms with E-state index in [-0.39, 0.29) is 5.91 Å². The predicted molar refractivity (Wildman–Crippen MR) is 86.6 cm³/mol. The molecule has 0 spiro atoms. The van der Waals surface area contributed by atoms with Crippen molar-refractivity contribution in [2.45, 2.75) is 13.3 Å². The third kappa shape index (κ3) is 2.84. The Hall–Kier alpha value is -2.49. The van der Waals surface area contributed by atoms with Gasteiger partial charge in [-0.2, -0.15) is 0 Å². The Morgan fingerprint density at radius 1 is 1.29 bits per heavy atom. The lowest BCUT2D eigenvalue weighted by atomic mass is 10.2. The van der Waals surface area contributed by atoms with Crippen LogP contribution in [0.5, 0.6) is 0 Å². The Labute approximate surface area is 124 Å². The van der Waals surface area contributed by atoms with E-state index in [1.807, 2.05) is 31.2 Å². The second-order valence-corrected chi connectivity index (χ2v) is 5.42. The summed E-state index contributed by atoms with van der Waals surface area (Å²) in [5, 5.41) is 2.95. The number of para-hydroxylation sites is 1. The van der Waals surface area contributed by atoms with Crippen molar-refractivity contribution in [3.8, 4) is 0 Å². The maximum absolute atomic E-state index is 12.2. The maximum atomic E-state index is 12.2. The fourth-order valence-corrected chi connectivity index (χ4v) is 2.71. The molecule has 0 radical (unpaired) electrons. The first-order valence-electron chi connectivity index (χ1n) is 7.12. The molecule has 0 fully saturated rings. The van der Waals surface area contributed by atoms with Crippen LogP contribution in [0.3, 0.4) is 0 Å². The number of nitrogens with one attached hydrogen (secondary N) is 1. The van der Waals surface area contributed by atoms with Crippen LogP contribution in [-0.4, -0.2) is 19.0 Å². The standard InChI is InChI=1S/C17H19N3O/c1-12-6-7-14(18)10-15(12)19-17(21)11-20-9-8-13-4-2-3-5-16(13)20/h2-7,10H,8-9,11,18H2,1H3,(H,19,21). The molecule has 0 atom stereocenters. The monoisotopic (exact) mass is 281 g/mol. The number of aryl methyl sites for hydroxylation is 1. The molecular weight excluding hydrogens is 262 g/mol. The molecule has 0 bridgehead atoms. The van der Waals surface area contributed by atoms with Crippen LogP contribution in [-0.2, 0) is 11.2 Å². The Balaban J connectivity index is 1.69. The van der Waals surface area contributed by atoms with Gasteiger partial charge < -0.3 is 16.0 Å².